The molecule has 12 rings (SSSR count). The molecule has 1 amide bonds. The van der Waals surface area contributed by atoms with Gasteiger partial charge in [0, 0.05) is 54.4 Å². The minimum Gasteiger partial charge on any atom is -0.394 e. The van der Waals surface area contributed by atoms with Crippen LogP contribution in [0.25, 0.3) is 0 Å². The number of allylic oxidation sites excluding steroid dienone is 2. The van der Waals surface area contributed by atoms with Crippen LogP contribution >= 0.6 is 23.5 Å². The molecule has 69 heavy (non-hydrogen) atoms. The van der Waals surface area contributed by atoms with E-state index in [1.807, 2.05) is 0 Å². The van der Waals surface area contributed by atoms with Crippen LogP contribution in [0.5, 0.6) is 0 Å². The highest BCUT2D eigenvalue weighted by molar-refractivity contribution is 7.99. The predicted octanol–water partition coefficient (Wildman–Crippen LogP) is -2.23. The number of thioether (sulfide) groups is 2. The molecule has 398 valence electrons. The lowest BCUT2D eigenvalue weighted by molar-refractivity contribution is -0.354. The Hall–Kier alpha value is -1.47. The fourth-order valence-electron chi connectivity index (χ4n) is 9.47. The van der Waals surface area contributed by atoms with E-state index in [0.29, 0.717) is 85.8 Å². The van der Waals surface area contributed by atoms with E-state index in [1.165, 1.54) is 0 Å². The van der Waals surface area contributed by atoms with E-state index in [1.54, 1.807) is 35.3 Å². The number of carbonyl (C=O) groups is 1. The van der Waals surface area contributed by atoms with Crippen LogP contribution in [0.1, 0.15) is 64.7 Å². The van der Waals surface area contributed by atoms with Gasteiger partial charge in [-0.15, -0.1) is 0 Å². The Bertz CT molecular complexity index is 1490. The lowest BCUT2D eigenvalue weighted by atomic mass is 9.85. The maximum atomic E-state index is 13.0. The number of hydrogen-bond acceptors (Lipinski definition) is 23. The zero-order chi connectivity index (χ0) is 49.8. The van der Waals surface area contributed by atoms with Gasteiger partial charge < -0.3 is 104 Å². The number of hydrogen-bond donors (Lipinski definition) is 12. The second-order valence-electron chi connectivity index (χ2n) is 18.5. The van der Waals surface area contributed by atoms with Gasteiger partial charge in [-0.05, 0) is 50.0 Å². The average molecular weight is 1030 g/mol. The van der Waals surface area contributed by atoms with Crippen LogP contribution in [0.4, 0.5) is 0 Å². The van der Waals surface area contributed by atoms with Gasteiger partial charge >= 0.3 is 0 Å². The van der Waals surface area contributed by atoms with E-state index in [-0.39, 0.29) is 38.9 Å². The Morgan fingerprint density at radius 1 is 0.551 bits per heavy atom. The fourth-order valence-corrected chi connectivity index (χ4v) is 11.7. The van der Waals surface area contributed by atoms with Crippen molar-refractivity contribution in [2.45, 2.75) is 175 Å². The lowest BCUT2D eigenvalue weighted by Gasteiger charge is -2.47. The largest absolute Gasteiger partial charge is 0.394 e. The molecule has 8 bridgehead atoms. The highest BCUT2D eigenvalue weighted by Gasteiger charge is 2.53. The molecule has 12 aliphatic rings. The third-order valence-electron chi connectivity index (χ3n) is 13.7. The SMILES string of the molecule is C=C(CCSCC1O[C@H]2OC3C(CO)O[C@@H](OCCCCC1C(O)C2O)C(O)C3O)NCN(CNC(=C)CCSCC1O[C@H]2OC3C(CO)O[C@@H](OCCCCC1C(O)C2O)C(O)C3O)C(=O)CC. The van der Waals surface area contributed by atoms with E-state index in [0.717, 1.165) is 0 Å². The van der Waals surface area contributed by atoms with E-state index in [2.05, 4.69) is 23.8 Å². The van der Waals surface area contributed by atoms with Crippen LogP contribution in [0.2, 0.25) is 0 Å². The molecule has 20 atom stereocenters. The summed E-state index contributed by atoms with van der Waals surface area (Å²) in [6, 6.07) is 0. The molecule has 0 spiro atoms. The van der Waals surface area contributed by atoms with Crippen molar-refractivity contribution < 1.29 is 93.8 Å². The fraction of sp³-hybridized carbons (Fsp3) is 0.889. The second kappa shape index (κ2) is 27.7. The summed E-state index contributed by atoms with van der Waals surface area (Å²) in [4.78, 5) is 14.6. The van der Waals surface area contributed by atoms with Crippen molar-refractivity contribution in [2.24, 2.45) is 11.8 Å². The van der Waals surface area contributed by atoms with E-state index < -0.39 is 136 Å². The highest BCUT2D eigenvalue weighted by Crippen LogP contribution is 2.38. The summed E-state index contributed by atoms with van der Waals surface area (Å²) < 4.78 is 47.1. The van der Waals surface area contributed by atoms with Crippen LogP contribution in [0.15, 0.2) is 24.6 Å². The van der Waals surface area contributed by atoms with Gasteiger partial charge in [0.15, 0.2) is 25.2 Å². The molecule has 0 radical (unpaired) electrons. The highest BCUT2D eigenvalue weighted by atomic mass is 32.2. The second-order valence-corrected chi connectivity index (χ2v) is 20.8. The molecular weight excluding hydrogens is 951 g/mol. The van der Waals surface area contributed by atoms with Gasteiger partial charge in [0.25, 0.3) is 0 Å². The Morgan fingerprint density at radius 3 is 1.33 bits per heavy atom. The molecule has 22 nitrogen and oxygen atoms in total. The molecule has 12 N–H and O–H groups in total. The van der Waals surface area contributed by atoms with Crippen molar-refractivity contribution in [2.75, 3.05) is 62.8 Å². The Kier molecular flexibility index (Phi) is 22.8. The number of carbonyl (C=O) groups excluding carboxylic acids is 1. The summed E-state index contributed by atoms with van der Waals surface area (Å²) in [5.74, 6) is 1.16. The quantitative estimate of drug-likeness (QED) is 0.0481. The van der Waals surface area contributed by atoms with E-state index >= 15 is 0 Å². The lowest BCUT2D eigenvalue weighted by Crippen LogP contribution is -2.63. The summed E-state index contributed by atoms with van der Waals surface area (Å²) >= 11 is 3.11. The number of aliphatic hydroxyl groups is 10. The van der Waals surface area contributed by atoms with Crippen molar-refractivity contribution in [1.82, 2.24) is 15.5 Å². The number of ether oxygens (including phenoxy) is 8. The van der Waals surface area contributed by atoms with Gasteiger partial charge in [-0.1, -0.05) is 32.9 Å². The Morgan fingerprint density at radius 2 is 0.942 bits per heavy atom. The summed E-state index contributed by atoms with van der Waals surface area (Å²) in [5.41, 5.74) is 1.40. The molecule has 12 saturated heterocycles. The maximum Gasteiger partial charge on any atom is 0.225 e. The molecule has 24 heteroatoms. The van der Waals surface area contributed by atoms with Crippen LogP contribution in [0.3, 0.4) is 0 Å². The standard InChI is InChI=1S/C45H77N3O19S2/c1-4-31(51)48(21-46-23(2)11-15-68-19-29-25-9-5-7-13-60-42-38(58)34(54)40(27(17-49)62-42)66-44(64-29)36(56)32(25)52)22-47-24(3)12-16-69-20-30-26-10-6-8-14-61-43-39(59)35(55)41(28(18-50)63-43)67-45(65-30)37(57)33(26)53/h25-30,32-47,49-50,52-59H,2-22H2,1H3/t25?,26?,27?,28?,29?,30?,32?,33?,34?,35?,36?,37?,38?,39?,40?,41?,42-,43-,44+,45+/m1/s1. The Balaban J connectivity index is 0.931. The maximum absolute atomic E-state index is 13.0. The molecule has 0 aromatic carbocycles. The zero-order valence-corrected chi connectivity index (χ0v) is 40.9. The normalized spacial score (nSPS) is 41.0. The van der Waals surface area contributed by atoms with Crippen LogP contribution < -0.4 is 10.6 Å². The van der Waals surface area contributed by atoms with E-state index in [9.17, 15) is 55.9 Å². The van der Waals surface area contributed by atoms with Crippen molar-refractivity contribution in [3.8, 4) is 0 Å². The zero-order valence-electron chi connectivity index (χ0n) is 39.3. The van der Waals surface area contributed by atoms with Gasteiger partial charge in [0.2, 0.25) is 5.91 Å². The summed E-state index contributed by atoms with van der Waals surface area (Å²) in [5, 5.41) is 114. The minimum absolute atomic E-state index is 0.0932. The van der Waals surface area contributed by atoms with Crippen LogP contribution in [0, 0.1) is 11.8 Å². The average Bonchev–Trinajstić information content (AvgIpc) is 3.34. The molecule has 12 heterocycles. The third-order valence-corrected chi connectivity index (χ3v) is 15.8. The summed E-state index contributed by atoms with van der Waals surface area (Å²) in [6.07, 6.45) is -17.3. The first-order chi connectivity index (χ1) is 33.2. The van der Waals surface area contributed by atoms with Gasteiger partial charge in [0.1, 0.15) is 61.0 Å². The number of nitrogens with zero attached hydrogens (tertiary/aromatic N) is 1. The first-order valence-corrected chi connectivity index (χ1v) is 26.6. The topological polar surface area (TPSA) is 321 Å². The molecule has 0 aromatic rings. The van der Waals surface area contributed by atoms with Crippen molar-refractivity contribution in [3.63, 3.8) is 0 Å². The van der Waals surface area contributed by atoms with Gasteiger partial charge in [-0.2, -0.15) is 23.5 Å². The van der Waals surface area contributed by atoms with Crippen molar-refractivity contribution in [3.05, 3.63) is 24.6 Å². The monoisotopic (exact) mass is 1030 g/mol. The van der Waals surface area contributed by atoms with Gasteiger partial charge in [-0.3, -0.25) is 4.79 Å². The smallest absolute Gasteiger partial charge is 0.225 e. The third kappa shape index (κ3) is 14.9. The Labute approximate surface area is 412 Å². The van der Waals surface area contributed by atoms with Crippen molar-refractivity contribution >= 4 is 29.4 Å². The summed E-state index contributed by atoms with van der Waals surface area (Å²) in [6.45, 7) is 9.77. The molecule has 0 aliphatic carbocycles. The summed E-state index contributed by atoms with van der Waals surface area (Å²) in [7, 11) is 0. The van der Waals surface area contributed by atoms with Crippen LogP contribution in [-0.2, 0) is 42.7 Å². The number of rotatable bonds is 19. The first kappa shape index (κ1) is 56.8. The van der Waals surface area contributed by atoms with Crippen molar-refractivity contribution in [1.29, 1.82) is 0 Å². The molecule has 12 aliphatic heterocycles. The number of amides is 1. The minimum atomic E-state index is -1.52. The molecule has 0 aromatic heterocycles. The number of nitrogens with one attached hydrogen (secondary N) is 2. The van der Waals surface area contributed by atoms with Gasteiger partial charge in [-0.25, -0.2) is 0 Å². The predicted molar refractivity (Wildman–Crippen MR) is 249 cm³/mol. The molecule has 0 saturated carbocycles. The van der Waals surface area contributed by atoms with Crippen LogP contribution in [-0.4, -0.2) is 235 Å². The number of aliphatic hydroxyl groups excluding tert-OH is 10. The van der Waals surface area contributed by atoms with Gasteiger partial charge in [0.05, 0.1) is 51.0 Å². The molecule has 12 fully saturated rings. The molecule has 16 unspecified atom stereocenters. The first-order valence-electron chi connectivity index (χ1n) is 24.3. The van der Waals surface area contributed by atoms with E-state index in [4.69, 9.17) is 37.9 Å². The molecular formula is C45H77N3O19S2.